The molecule has 0 spiro atoms. The average molecular weight is 254 g/mol. The second kappa shape index (κ2) is 6.47. The SMILES string of the molecule is CCNCc1sc(CCCOC)nc1C1CC1. The third kappa shape index (κ3) is 3.76. The first-order chi connectivity index (χ1) is 8.35. The summed E-state index contributed by atoms with van der Waals surface area (Å²) < 4.78 is 5.09. The van der Waals surface area contributed by atoms with E-state index in [2.05, 4.69) is 12.2 Å². The van der Waals surface area contributed by atoms with Gasteiger partial charge in [-0.1, -0.05) is 6.92 Å². The van der Waals surface area contributed by atoms with Crippen molar-refractivity contribution in [3.63, 3.8) is 0 Å². The van der Waals surface area contributed by atoms with E-state index in [1.165, 1.54) is 28.4 Å². The molecule has 0 radical (unpaired) electrons. The molecule has 0 aliphatic heterocycles. The number of nitrogens with zero attached hydrogens (tertiary/aromatic N) is 1. The van der Waals surface area contributed by atoms with E-state index >= 15 is 0 Å². The minimum Gasteiger partial charge on any atom is -0.385 e. The van der Waals surface area contributed by atoms with E-state index in [0.717, 1.165) is 38.5 Å². The van der Waals surface area contributed by atoms with Crippen molar-refractivity contribution >= 4 is 11.3 Å². The highest BCUT2D eigenvalue weighted by Gasteiger charge is 2.29. The first-order valence-corrected chi connectivity index (χ1v) is 7.35. The zero-order valence-electron chi connectivity index (χ0n) is 10.8. The molecular formula is C13H22N2OS. The Morgan fingerprint density at radius 2 is 2.29 bits per heavy atom. The summed E-state index contributed by atoms with van der Waals surface area (Å²) in [6, 6.07) is 0. The molecule has 0 saturated heterocycles. The van der Waals surface area contributed by atoms with Crippen molar-refractivity contribution in [2.45, 2.75) is 45.1 Å². The van der Waals surface area contributed by atoms with Gasteiger partial charge in [0.1, 0.15) is 0 Å². The number of nitrogens with one attached hydrogen (secondary N) is 1. The van der Waals surface area contributed by atoms with Crippen LogP contribution in [0.3, 0.4) is 0 Å². The molecule has 1 aromatic heterocycles. The molecular weight excluding hydrogens is 232 g/mol. The molecule has 96 valence electrons. The Hall–Kier alpha value is -0.450. The van der Waals surface area contributed by atoms with Gasteiger partial charge in [0.2, 0.25) is 0 Å². The maximum atomic E-state index is 5.09. The van der Waals surface area contributed by atoms with Gasteiger partial charge in [-0.25, -0.2) is 4.98 Å². The van der Waals surface area contributed by atoms with Crippen molar-refractivity contribution in [2.24, 2.45) is 0 Å². The molecule has 1 aromatic rings. The molecule has 1 fully saturated rings. The summed E-state index contributed by atoms with van der Waals surface area (Å²) in [6.07, 6.45) is 4.81. The van der Waals surface area contributed by atoms with Crippen LogP contribution in [0.25, 0.3) is 0 Å². The van der Waals surface area contributed by atoms with Gasteiger partial charge in [0.15, 0.2) is 0 Å². The molecule has 0 aromatic carbocycles. The highest BCUT2D eigenvalue weighted by Crippen LogP contribution is 2.42. The van der Waals surface area contributed by atoms with E-state index in [1.807, 2.05) is 11.3 Å². The number of aryl methyl sites for hydroxylation is 1. The van der Waals surface area contributed by atoms with E-state index in [-0.39, 0.29) is 0 Å². The first kappa shape index (κ1) is 13.0. The number of aromatic nitrogens is 1. The normalized spacial score (nSPS) is 15.4. The van der Waals surface area contributed by atoms with Crippen LogP contribution in [-0.2, 0) is 17.7 Å². The molecule has 0 atom stereocenters. The third-order valence-corrected chi connectivity index (χ3v) is 4.14. The van der Waals surface area contributed by atoms with Crippen LogP contribution in [0.5, 0.6) is 0 Å². The van der Waals surface area contributed by atoms with Crippen molar-refractivity contribution in [3.8, 4) is 0 Å². The van der Waals surface area contributed by atoms with Gasteiger partial charge in [-0.3, -0.25) is 0 Å². The molecule has 0 amide bonds. The van der Waals surface area contributed by atoms with E-state index in [9.17, 15) is 0 Å². The average Bonchev–Trinajstić information content (AvgIpc) is 3.10. The van der Waals surface area contributed by atoms with Crippen LogP contribution < -0.4 is 5.32 Å². The fourth-order valence-corrected chi connectivity index (χ4v) is 3.10. The fraction of sp³-hybridized carbons (Fsp3) is 0.769. The molecule has 0 unspecified atom stereocenters. The molecule has 4 heteroatoms. The number of hydrogen-bond acceptors (Lipinski definition) is 4. The van der Waals surface area contributed by atoms with Gasteiger partial charge in [0, 0.05) is 37.5 Å². The number of methoxy groups -OCH3 is 1. The van der Waals surface area contributed by atoms with Gasteiger partial charge in [-0.15, -0.1) is 11.3 Å². The molecule has 1 aliphatic carbocycles. The maximum Gasteiger partial charge on any atom is 0.0932 e. The predicted octanol–water partition coefficient (Wildman–Crippen LogP) is 2.71. The zero-order valence-corrected chi connectivity index (χ0v) is 11.6. The van der Waals surface area contributed by atoms with Crippen LogP contribution in [-0.4, -0.2) is 25.2 Å². The molecule has 1 aliphatic rings. The summed E-state index contributed by atoms with van der Waals surface area (Å²) in [7, 11) is 1.76. The van der Waals surface area contributed by atoms with Gasteiger partial charge in [0.05, 0.1) is 10.7 Å². The van der Waals surface area contributed by atoms with Crippen molar-refractivity contribution in [3.05, 3.63) is 15.6 Å². The first-order valence-electron chi connectivity index (χ1n) is 6.53. The molecule has 1 heterocycles. The number of ether oxygens (including phenoxy) is 1. The van der Waals surface area contributed by atoms with Crippen LogP contribution in [0.2, 0.25) is 0 Å². The Morgan fingerprint density at radius 3 is 2.94 bits per heavy atom. The van der Waals surface area contributed by atoms with Crippen molar-refractivity contribution < 1.29 is 4.74 Å². The van der Waals surface area contributed by atoms with Crippen LogP contribution in [0.4, 0.5) is 0 Å². The summed E-state index contributed by atoms with van der Waals surface area (Å²) in [5.74, 6) is 0.760. The molecule has 0 bridgehead atoms. The Balaban J connectivity index is 1.97. The van der Waals surface area contributed by atoms with E-state index < -0.39 is 0 Å². The Kier molecular flexibility index (Phi) is 4.95. The van der Waals surface area contributed by atoms with E-state index in [4.69, 9.17) is 9.72 Å². The molecule has 1 saturated carbocycles. The summed E-state index contributed by atoms with van der Waals surface area (Å²) in [5.41, 5.74) is 1.38. The molecule has 1 N–H and O–H groups in total. The second-order valence-electron chi connectivity index (χ2n) is 4.57. The topological polar surface area (TPSA) is 34.1 Å². The monoisotopic (exact) mass is 254 g/mol. The summed E-state index contributed by atoms with van der Waals surface area (Å²) in [5, 5.41) is 4.70. The van der Waals surface area contributed by atoms with Crippen LogP contribution in [0, 0.1) is 0 Å². The summed E-state index contributed by atoms with van der Waals surface area (Å²) in [6.45, 7) is 5.00. The van der Waals surface area contributed by atoms with Crippen LogP contribution in [0.15, 0.2) is 0 Å². The number of thiazole rings is 1. The largest absolute Gasteiger partial charge is 0.385 e. The van der Waals surface area contributed by atoms with Gasteiger partial charge in [-0.05, 0) is 25.8 Å². The van der Waals surface area contributed by atoms with E-state index in [1.54, 1.807) is 7.11 Å². The smallest absolute Gasteiger partial charge is 0.0932 e. The predicted molar refractivity (Wildman–Crippen MR) is 71.7 cm³/mol. The van der Waals surface area contributed by atoms with Crippen LogP contribution >= 0.6 is 11.3 Å². The van der Waals surface area contributed by atoms with E-state index in [0.29, 0.717) is 0 Å². The number of hydrogen-bond donors (Lipinski definition) is 1. The van der Waals surface area contributed by atoms with Gasteiger partial charge < -0.3 is 10.1 Å². The number of rotatable bonds is 8. The standard InChI is InChI=1S/C13H22N2OS/c1-3-14-9-11-13(10-6-7-10)15-12(17-11)5-4-8-16-2/h10,14H,3-9H2,1-2H3. The quantitative estimate of drug-likeness (QED) is 0.724. The highest BCUT2D eigenvalue weighted by molar-refractivity contribution is 7.11. The molecule has 2 rings (SSSR count). The summed E-state index contributed by atoms with van der Waals surface area (Å²) >= 11 is 1.89. The lowest BCUT2D eigenvalue weighted by molar-refractivity contribution is 0.195. The fourth-order valence-electron chi connectivity index (χ4n) is 1.93. The second-order valence-corrected chi connectivity index (χ2v) is 5.74. The molecule has 17 heavy (non-hydrogen) atoms. The van der Waals surface area contributed by atoms with Crippen molar-refractivity contribution in [1.82, 2.24) is 10.3 Å². The molecule has 3 nitrogen and oxygen atoms in total. The minimum atomic E-state index is 0.760. The zero-order chi connectivity index (χ0) is 12.1. The van der Waals surface area contributed by atoms with Gasteiger partial charge in [0.25, 0.3) is 0 Å². The summed E-state index contributed by atoms with van der Waals surface area (Å²) in [4.78, 5) is 6.28. The third-order valence-electron chi connectivity index (χ3n) is 3.01. The van der Waals surface area contributed by atoms with Gasteiger partial charge in [-0.2, -0.15) is 0 Å². The van der Waals surface area contributed by atoms with Crippen molar-refractivity contribution in [1.29, 1.82) is 0 Å². The maximum absolute atomic E-state index is 5.09. The minimum absolute atomic E-state index is 0.760. The lowest BCUT2D eigenvalue weighted by atomic mass is 10.2. The Bertz CT molecular complexity index is 347. The van der Waals surface area contributed by atoms with Gasteiger partial charge >= 0.3 is 0 Å². The Labute approximate surface area is 108 Å². The lowest BCUT2D eigenvalue weighted by Crippen LogP contribution is -2.11. The van der Waals surface area contributed by atoms with Crippen molar-refractivity contribution in [2.75, 3.05) is 20.3 Å². The Morgan fingerprint density at radius 1 is 1.47 bits per heavy atom. The van der Waals surface area contributed by atoms with Crippen LogP contribution in [0.1, 0.15) is 47.7 Å². The highest BCUT2D eigenvalue weighted by atomic mass is 32.1. The lowest BCUT2D eigenvalue weighted by Gasteiger charge is -2.00.